The van der Waals surface area contributed by atoms with Crippen LogP contribution in [-0.2, 0) is 9.59 Å². The van der Waals surface area contributed by atoms with E-state index in [-0.39, 0.29) is 36.0 Å². The minimum atomic E-state index is -1.29. The van der Waals surface area contributed by atoms with Crippen LogP contribution in [0.15, 0.2) is 34.1 Å². The van der Waals surface area contributed by atoms with Gasteiger partial charge in [0.25, 0.3) is 11.5 Å². The second kappa shape index (κ2) is 9.02. The fourth-order valence-corrected chi connectivity index (χ4v) is 5.02. The number of aliphatic carboxylic acids is 2. The van der Waals surface area contributed by atoms with Gasteiger partial charge in [-0.15, -0.1) is 11.8 Å². The van der Waals surface area contributed by atoms with E-state index in [2.05, 4.69) is 20.2 Å². The highest BCUT2D eigenvalue weighted by Gasteiger charge is 2.37. The fraction of sp³-hybridized carbons (Fsp3) is 0.350. The Balaban J connectivity index is 1.45. The first kappa shape index (κ1) is 22.5. The molecular weight excluding hydrogens is 452 g/mol. The monoisotopic (exact) mass is 474 g/mol. The summed E-state index contributed by atoms with van der Waals surface area (Å²) in [5, 5.41) is 20.9. The van der Waals surface area contributed by atoms with E-state index in [1.54, 1.807) is 24.3 Å². The molecule has 2 aliphatic heterocycles. The second-order valence-electron chi connectivity index (χ2n) is 7.75. The van der Waals surface area contributed by atoms with Gasteiger partial charge in [0.1, 0.15) is 16.8 Å². The predicted octanol–water partition coefficient (Wildman–Crippen LogP) is 0.158. The Hall–Kier alpha value is -3.74. The maximum atomic E-state index is 12.4. The number of thioether (sulfide) groups is 1. The number of nitrogen functional groups attached to an aromatic ring is 1. The average Bonchev–Trinajstić information content (AvgIpc) is 3.20. The van der Waals surface area contributed by atoms with Crippen molar-refractivity contribution in [3.63, 3.8) is 0 Å². The standard InChI is InChI=1S/C20H22N6O6S/c21-20-23-17(30)15-18(24-20)33-8-12-7-25(9-26(12)15)11-3-1-10(2-4-11)16(29)22-13(19(31)32)5-6-14(27)28/h1-4,12-13H,5-9H2,(H,22,29)(H,27,28)(H,31,32)(H3,21,23,24,30)/t12?,13-/m0/s1. The molecule has 6 N–H and O–H groups in total. The summed E-state index contributed by atoms with van der Waals surface area (Å²) in [6.45, 7) is 1.15. The number of nitrogens with one attached hydrogen (secondary N) is 2. The van der Waals surface area contributed by atoms with Gasteiger partial charge in [-0.1, -0.05) is 0 Å². The number of hydrogen-bond donors (Lipinski definition) is 5. The Morgan fingerprint density at radius 2 is 2.00 bits per heavy atom. The molecule has 0 radical (unpaired) electrons. The summed E-state index contributed by atoms with van der Waals surface area (Å²) >= 11 is 1.49. The summed E-state index contributed by atoms with van der Waals surface area (Å²) in [7, 11) is 0. The number of aromatic nitrogens is 2. The fourth-order valence-electron chi connectivity index (χ4n) is 3.88. The smallest absolute Gasteiger partial charge is 0.326 e. The van der Waals surface area contributed by atoms with Crippen molar-refractivity contribution in [2.75, 3.05) is 34.5 Å². The van der Waals surface area contributed by atoms with Gasteiger partial charge < -0.3 is 31.1 Å². The minimum Gasteiger partial charge on any atom is -0.481 e. The molecule has 1 unspecified atom stereocenters. The van der Waals surface area contributed by atoms with Crippen LogP contribution < -0.4 is 26.4 Å². The molecule has 1 fully saturated rings. The molecule has 1 amide bonds. The summed E-state index contributed by atoms with van der Waals surface area (Å²) in [6.07, 6.45) is -0.576. The van der Waals surface area contributed by atoms with Crippen LogP contribution in [0.25, 0.3) is 0 Å². The Labute approximate surface area is 191 Å². The van der Waals surface area contributed by atoms with E-state index in [0.717, 1.165) is 11.4 Å². The number of carbonyl (C=O) groups is 3. The van der Waals surface area contributed by atoms with Crippen molar-refractivity contribution in [1.29, 1.82) is 0 Å². The minimum absolute atomic E-state index is 0.0858. The van der Waals surface area contributed by atoms with Crippen molar-refractivity contribution in [3.8, 4) is 0 Å². The normalized spacial score (nSPS) is 17.8. The SMILES string of the molecule is Nc1nc2c(c(=O)[nH]1)N1CN(c3ccc(C(=O)N[C@@H](CCC(=O)O)C(=O)O)cc3)CC1CS2. The molecule has 0 aliphatic carbocycles. The Kier molecular flexibility index (Phi) is 6.14. The largest absolute Gasteiger partial charge is 0.481 e. The molecule has 0 saturated carbocycles. The van der Waals surface area contributed by atoms with E-state index in [9.17, 15) is 24.3 Å². The van der Waals surface area contributed by atoms with Gasteiger partial charge in [0, 0.05) is 30.0 Å². The van der Waals surface area contributed by atoms with Gasteiger partial charge >= 0.3 is 11.9 Å². The summed E-state index contributed by atoms with van der Waals surface area (Å²) < 4.78 is 0. The van der Waals surface area contributed by atoms with E-state index >= 15 is 0 Å². The lowest BCUT2D eigenvalue weighted by Crippen LogP contribution is -2.41. The van der Waals surface area contributed by atoms with Crippen LogP contribution in [0.2, 0.25) is 0 Å². The van der Waals surface area contributed by atoms with Crippen LogP contribution >= 0.6 is 11.8 Å². The average molecular weight is 474 g/mol. The first-order chi connectivity index (χ1) is 15.7. The van der Waals surface area contributed by atoms with Crippen molar-refractivity contribution in [2.45, 2.75) is 30.0 Å². The number of fused-ring (bicyclic) bond motifs is 3. The van der Waals surface area contributed by atoms with Crippen molar-refractivity contribution < 1.29 is 24.6 Å². The number of benzene rings is 1. The second-order valence-corrected chi connectivity index (χ2v) is 8.76. The number of amides is 1. The molecule has 0 bridgehead atoms. The number of rotatable bonds is 7. The number of aromatic amines is 1. The first-order valence-corrected chi connectivity index (χ1v) is 11.1. The van der Waals surface area contributed by atoms with Crippen molar-refractivity contribution in [1.82, 2.24) is 15.3 Å². The molecule has 1 saturated heterocycles. The van der Waals surface area contributed by atoms with Crippen molar-refractivity contribution >= 4 is 46.9 Å². The Morgan fingerprint density at radius 1 is 1.27 bits per heavy atom. The first-order valence-electron chi connectivity index (χ1n) is 10.1. The van der Waals surface area contributed by atoms with Crippen LogP contribution in [0.4, 0.5) is 17.3 Å². The molecule has 12 nitrogen and oxygen atoms in total. The third kappa shape index (κ3) is 4.72. The number of carboxylic acids is 2. The molecule has 1 aromatic heterocycles. The van der Waals surface area contributed by atoms with Gasteiger partial charge in [-0.25, -0.2) is 9.78 Å². The molecule has 13 heteroatoms. The molecule has 1 aromatic carbocycles. The molecule has 2 aromatic rings. The zero-order valence-corrected chi connectivity index (χ0v) is 18.2. The lowest BCUT2D eigenvalue weighted by molar-refractivity contribution is -0.140. The van der Waals surface area contributed by atoms with Gasteiger partial charge in [-0.05, 0) is 30.7 Å². The van der Waals surface area contributed by atoms with Gasteiger partial charge in [0.05, 0.1) is 12.7 Å². The molecule has 3 heterocycles. The molecule has 33 heavy (non-hydrogen) atoms. The van der Waals surface area contributed by atoms with E-state index in [1.165, 1.54) is 11.8 Å². The van der Waals surface area contributed by atoms with Gasteiger partial charge in [0.15, 0.2) is 0 Å². The van der Waals surface area contributed by atoms with Gasteiger partial charge in [-0.2, -0.15) is 0 Å². The highest BCUT2D eigenvalue weighted by atomic mass is 32.2. The summed E-state index contributed by atoms with van der Waals surface area (Å²) in [5.41, 5.74) is 6.98. The zero-order valence-electron chi connectivity index (χ0n) is 17.4. The predicted molar refractivity (Wildman–Crippen MR) is 121 cm³/mol. The Morgan fingerprint density at radius 3 is 2.67 bits per heavy atom. The number of hydrogen-bond acceptors (Lipinski definition) is 9. The van der Waals surface area contributed by atoms with Crippen LogP contribution in [0, 0.1) is 0 Å². The zero-order chi connectivity index (χ0) is 23.7. The lowest BCUT2D eigenvalue weighted by Gasteiger charge is -2.29. The molecule has 174 valence electrons. The maximum absolute atomic E-state index is 12.4. The molecule has 0 spiro atoms. The summed E-state index contributed by atoms with van der Waals surface area (Å²) in [6, 6.07) is 5.48. The quantitative estimate of drug-likeness (QED) is 0.345. The van der Waals surface area contributed by atoms with Crippen molar-refractivity contribution in [3.05, 3.63) is 40.2 Å². The molecule has 2 atom stereocenters. The van der Waals surface area contributed by atoms with Crippen LogP contribution in [0.1, 0.15) is 23.2 Å². The molecular formula is C20H22N6O6S. The van der Waals surface area contributed by atoms with E-state index in [4.69, 9.17) is 10.8 Å². The Bertz CT molecular complexity index is 1150. The number of carbonyl (C=O) groups excluding carboxylic acids is 1. The maximum Gasteiger partial charge on any atom is 0.326 e. The number of H-pyrrole nitrogens is 1. The van der Waals surface area contributed by atoms with Gasteiger partial charge in [-0.3, -0.25) is 19.4 Å². The number of nitrogens with two attached hydrogens (primary N) is 1. The third-order valence-electron chi connectivity index (χ3n) is 5.52. The molecule has 4 rings (SSSR count). The lowest BCUT2D eigenvalue weighted by atomic mass is 10.1. The number of anilines is 3. The van der Waals surface area contributed by atoms with E-state index in [1.807, 2.05) is 4.90 Å². The van der Waals surface area contributed by atoms with Gasteiger partial charge in [0.2, 0.25) is 5.95 Å². The highest BCUT2D eigenvalue weighted by molar-refractivity contribution is 7.99. The van der Waals surface area contributed by atoms with Crippen LogP contribution in [0.5, 0.6) is 0 Å². The molecule has 2 aliphatic rings. The van der Waals surface area contributed by atoms with Crippen LogP contribution in [0.3, 0.4) is 0 Å². The third-order valence-corrected chi connectivity index (χ3v) is 6.63. The summed E-state index contributed by atoms with van der Waals surface area (Å²) in [4.78, 5) is 57.7. The van der Waals surface area contributed by atoms with E-state index in [0.29, 0.717) is 23.9 Å². The number of nitrogens with zero attached hydrogens (tertiary/aromatic N) is 3. The van der Waals surface area contributed by atoms with Crippen molar-refractivity contribution in [2.24, 2.45) is 0 Å². The van der Waals surface area contributed by atoms with Crippen LogP contribution in [-0.4, -0.2) is 69.1 Å². The number of carboxylic acid groups (broad SMARTS) is 2. The van der Waals surface area contributed by atoms with E-state index < -0.39 is 23.9 Å². The topological polar surface area (TPSA) is 182 Å². The highest BCUT2D eigenvalue weighted by Crippen LogP contribution is 2.37. The summed E-state index contributed by atoms with van der Waals surface area (Å²) in [5.74, 6) is -2.18.